The summed E-state index contributed by atoms with van der Waals surface area (Å²) < 4.78 is 1.78. The van der Waals surface area contributed by atoms with Gasteiger partial charge in [0.15, 0.2) is 8.68 Å². The third-order valence-electron chi connectivity index (χ3n) is 3.22. The van der Waals surface area contributed by atoms with E-state index in [0.29, 0.717) is 5.02 Å². The summed E-state index contributed by atoms with van der Waals surface area (Å²) in [7, 11) is 0. The van der Waals surface area contributed by atoms with E-state index in [1.165, 1.54) is 24.6 Å². The number of aryl methyl sites for hydroxylation is 1. The van der Waals surface area contributed by atoms with Crippen molar-refractivity contribution in [3.05, 3.63) is 28.8 Å². The Morgan fingerprint density at radius 2 is 2.12 bits per heavy atom. The molecule has 0 saturated carbocycles. The minimum atomic E-state index is -0.259. The molecule has 0 bridgehead atoms. The zero-order chi connectivity index (χ0) is 17.5. The molecular formula is C16H20ClN3OS3. The number of carbonyl (C=O) groups excluding carboxylic acids is 1. The maximum Gasteiger partial charge on any atom is 0.237 e. The van der Waals surface area contributed by atoms with Gasteiger partial charge in [-0.1, -0.05) is 65.9 Å². The quantitative estimate of drug-likeness (QED) is 0.466. The zero-order valence-electron chi connectivity index (χ0n) is 13.8. The fraction of sp³-hybridized carbons (Fsp3) is 0.438. The molecule has 1 aromatic carbocycles. The third kappa shape index (κ3) is 5.95. The largest absolute Gasteiger partial charge is 0.325 e. The number of halogens is 1. The van der Waals surface area contributed by atoms with Crippen LogP contribution >= 0.6 is 46.5 Å². The highest BCUT2D eigenvalue weighted by atomic mass is 35.5. The fourth-order valence-corrected chi connectivity index (χ4v) is 5.27. The number of rotatable bonds is 8. The molecule has 0 spiro atoms. The van der Waals surface area contributed by atoms with Crippen LogP contribution < -0.4 is 5.32 Å². The number of hydrogen-bond donors (Lipinski definition) is 1. The Balaban J connectivity index is 1.90. The van der Waals surface area contributed by atoms with E-state index >= 15 is 0 Å². The van der Waals surface area contributed by atoms with Crippen LogP contribution in [0.25, 0.3) is 0 Å². The van der Waals surface area contributed by atoms with Gasteiger partial charge >= 0.3 is 0 Å². The predicted octanol–water partition coefficient (Wildman–Crippen LogP) is 5.51. The molecule has 1 aromatic heterocycles. The van der Waals surface area contributed by atoms with Gasteiger partial charge in [0.05, 0.1) is 5.25 Å². The van der Waals surface area contributed by atoms with E-state index in [4.69, 9.17) is 11.6 Å². The lowest BCUT2D eigenvalue weighted by Crippen LogP contribution is -2.22. The van der Waals surface area contributed by atoms with Crippen molar-refractivity contribution in [2.24, 2.45) is 0 Å². The van der Waals surface area contributed by atoms with Crippen molar-refractivity contribution in [2.45, 2.75) is 47.5 Å². The van der Waals surface area contributed by atoms with Gasteiger partial charge in [-0.3, -0.25) is 4.79 Å². The summed E-state index contributed by atoms with van der Waals surface area (Å²) in [5.74, 6) is 0.987. The van der Waals surface area contributed by atoms with Gasteiger partial charge in [-0.05, 0) is 38.0 Å². The number of benzene rings is 1. The van der Waals surface area contributed by atoms with Gasteiger partial charge in [-0.2, -0.15) is 0 Å². The van der Waals surface area contributed by atoms with E-state index < -0.39 is 0 Å². The van der Waals surface area contributed by atoms with Gasteiger partial charge in [0, 0.05) is 16.5 Å². The summed E-state index contributed by atoms with van der Waals surface area (Å²) in [5, 5.41) is 11.6. The van der Waals surface area contributed by atoms with Gasteiger partial charge in [-0.25, -0.2) is 0 Å². The minimum Gasteiger partial charge on any atom is -0.325 e. The fourth-order valence-electron chi connectivity index (χ4n) is 1.77. The average Bonchev–Trinajstić information content (AvgIpc) is 2.98. The van der Waals surface area contributed by atoms with Crippen molar-refractivity contribution >= 4 is 58.1 Å². The zero-order valence-corrected chi connectivity index (χ0v) is 17.0. The number of unbranched alkanes of at least 4 members (excludes halogenated alkanes) is 1. The number of amides is 1. The van der Waals surface area contributed by atoms with E-state index in [0.717, 1.165) is 25.7 Å². The number of hydrogen-bond acceptors (Lipinski definition) is 6. The van der Waals surface area contributed by atoms with Crippen LogP contribution in [0.1, 0.15) is 32.3 Å². The van der Waals surface area contributed by atoms with Gasteiger partial charge in [0.1, 0.15) is 0 Å². The van der Waals surface area contributed by atoms with Crippen molar-refractivity contribution in [2.75, 3.05) is 11.1 Å². The van der Waals surface area contributed by atoms with E-state index in [1.807, 2.05) is 26.0 Å². The molecule has 1 amide bonds. The van der Waals surface area contributed by atoms with E-state index in [-0.39, 0.29) is 11.2 Å². The first-order valence-electron chi connectivity index (χ1n) is 7.69. The normalized spacial score (nSPS) is 12.2. The Hall–Kier alpha value is -0.760. The summed E-state index contributed by atoms with van der Waals surface area (Å²) in [6, 6.07) is 5.46. The number of aromatic nitrogens is 2. The van der Waals surface area contributed by atoms with Crippen LogP contribution in [0, 0.1) is 6.92 Å². The molecule has 130 valence electrons. The molecule has 0 saturated heterocycles. The van der Waals surface area contributed by atoms with Gasteiger partial charge in [0.25, 0.3) is 0 Å². The van der Waals surface area contributed by atoms with Crippen LogP contribution in [0.5, 0.6) is 0 Å². The van der Waals surface area contributed by atoms with Crippen LogP contribution in [0.2, 0.25) is 5.02 Å². The van der Waals surface area contributed by atoms with Crippen molar-refractivity contribution in [3.63, 3.8) is 0 Å². The lowest BCUT2D eigenvalue weighted by atomic mass is 10.2. The summed E-state index contributed by atoms with van der Waals surface area (Å²) >= 11 is 10.7. The SMILES string of the molecule is CCCCSc1nnc(S[C@H](C)C(=O)Nc2cc(Cl)ccc2C)s1. The maximum absolute atomic E-state index is 12.4. The van der Waals surface area contributed by atoms with Crippen LogP contribution in [0.15, 0.2) is 26.9 Å². The van der Waals surface area contributed by atoms with Crippen LogP contribution in [0.3, 0.4) is 0 Å². The Morgan fingerprint density at radius 1 is 1.38 bits per heavy atom. The minimum absolute atomic E-state index is 0.0687. The first-order chi connectivity index (χ1) is 11.5. The maximum atomic E-state index is 12.4. The number of carbonyl (C=O) groups is 1. The monoisotopic (exact) mass is 401 g/mol. The number of nitrogens with one attached hydrogen (secondary N) is 1. The molecular weight excluding hydrogens is 382 g/mol. The number of nitrogens with zero attached hydrogens (tertiary/aromatic N) is 2. The predicted molar refractivity (Wildman–Crippen MR) is 106 cm³/mol. The molecule has 0 radical (unpaired) electrons. The van der Waals surface area contributed by atoms with Gasteiger partial charge in [0.2, 0.25) is 5.91 Å². The summed E-state index contributed by atoms with van der Waals surface area (Å²) in [4.78, 5) is 12.4. The topological polar surface area (TPSA) is 54.9 Å². The molecule has 0 aliphatic carbocycles. The molecule has 4 nitrogen and oxygen atoms in total. The van der Waals surface area contributed by atoms with Crippen LogP contribution in [-0.2, 0) is 4.79 Å². The summed E-state index contributed by atoms with van der Waals surface area (Å²) in [5.41, 5.74) is 1.73. The number of thioether (sulfide) groups is 2. The lowest BCUT2D eigenvalue weighted by Gasteiger charge is -2.12. The Kier molecular flexibility index (Phi) is 7.87. The molecule has 0 fully saturated rings. The lowest BCUT2D eigenvalue weighted by molar-refractivity contribution is -0.115. The molecule has 1 N–H and O–H groups in total. The smallest absolute Gasteiger partial charge is 0.237 e. The highest BCUT2D eigenvalue weighted by molar-refractivity contribution is 8.03. The molecule has 24 heavy (non-hydrogen) atoms. The second-order valence-corrected chi connectivity index (χ2v) is 9.59. The standard InChI is InChI=1S/C16H20ClN3OS3/c1-4-5-8-22-15-19-20-16(24-15)23-11(3)14(21)18-13-9-12(17)7-6-10(13)2/h6-7,9,11H,4-5,8H2,1-3H3,(H,18,21)/t11-/m1/s1. The molecule has 2 rings (SSSR count). The molecule has 1 atom stereocenters. The highest BCUT2D eigenvalue weighted by Crippen LogP contribution is 2.32. The van der Waals surface area contributed by atoms with Gasteiger partial charge < -0.3 is 5.32 Å². The number of anilines is 1. The van der Waals surface area contributed by atoms with Crippen molar-refractivity contribution < 1.29 is 4.79 Å². The van der Waals surface area contributed by atoms with Crippen molar-refractivity contribution in [1.29, 1.82) is 0 Å². The summed E-state index contributed by atoms with van der Waals surface area (Å²) in [6.07, 6.45) is 2.35. The molecule has 8 heteroatoms. The van der Waals surface area contributed by atoms with Crippen molar-refractivity contribution in [3.8, 4) is 0 Å². The molecule has 0 aliphatic rings. The van der Waals surface area contributed by atoms with Crippen LogP contribution in [-0.4, -0.2) is 27.1 Å². The molecule has 0 aliphatic heterocycles. The van der Waals surface area contributed by atoms with E-state index in [9.17, 15) is 4.79 Å². The molecule has 0 unspecified atom stereocenters. The second-order valence-electron chi connectivity index (χ2n) is 5.24. The third-order valence-corrected chi connectivity index (χ3v) is 6.78. The Morgan fingerprint density at radius 3 is 2.88 bits per heavy atom. The average molecular weight is 402 g/mol. The van der Waals surface area contributed by atoms with Gasteiger partial charge in [-0.15, -0.1) is 10.2 Å². The summed E-state index contributed by atoms with van der Waals surface area (Å²) in [6.45, 7) is 5.98. The van der Waals surface area contributed by atoms with Crippen molar-refractivity contribution in [1.82, 2.24) is 10.2 Å². The van der Waals surface area contributed by atoms with E-state index in [2.05, 4.69) is 22.4 Å². The Labute approximate surface area is 160 Å². The highest BCUT2D eigenvalue weighted by Gasteiger charge is 2.18. The van der Waals surface area contributed by atoms with E-state index in [1.54, 1.807) is 29.2 Å². The van der Waals surface area contributed by atoms with Crippen LogP contribution in [0.4, 0.5) is 5.69 Å². The molecule has 2 aromatic rings. The first-order valence-corrected chi connectivity index (χ1v) is 10.8. The molecule has 1 heterocycles. The second kappa shape index (κ2) is 9.65. The Bertz CT molecular complexity index is 693. The first kappa shape index (κ1) is 19.6.